The summed E-state index contributed by atoms with van der Waals surface area (Å²) in [5.41, 5.74) is 3.19. The van der Waals surface area contributed by atoms with E-state index in [2.05, 4.69) is 4.98 Å². The van der Waals surface area contributed by atoms with Crippen molar-refractivity contribution in [2.45, 2.75) is 38.1 Å². The van der Waals surface area contributed by atoms with Crippen molar-refractivity contribution in [3.8, 4) is 17.3 Å². The number of carbonyl (C=O) groups is 1. The number of aliphatic hydroxyl groups is 1. The Morgan fingerprint density at radius 2 is 2.09 bits per heavy atom. The minimum atomic E-state index is -0.411. The number of aliphatic hydroxyl groups excluding tert-OH is 1. The Bertz CT molecular complexity index is 1240. The second-order valence-corrected chi connectivity index (χ2v) is 8.84. The first kappa shape index (κ1) is 23.2. The average Bonchev–Trinajstić information content (AvgIpc) is 3.36. The summed E-state index contributed by atoms with van der Waals surface area (Å²) in [6.07, 6.45) is 5.82. The molecular weight excluding hydrogens is 449 g/mol. The van der Waals surface area contributed by atoms with Crippen LogP contribution in [0.4, 0.5) is 15.9 Å². The summed E-state index contributed by atoms with van der Waals surface area (Å²) < 4.78 is 19.4. The number of hydrogen-bond donors (Lipinski definition) is 1. The van der Waals surface area contributed by atoms with Crippen molar-refractivity contribution < 1.29 is 19.0 Å². The van der Waals surface area contributed by atoms with E-state index in [0.29, 0.717) is 35.9 Å². The van der Waals surface area contributed by atoms with Crippen molar-refractivity contribution in [1.29, 1.82) is 0 Å². The Balaban J connectivity index is 1.47. The molecule has 3 heterocycles. The van der Waals surface area contributed by atoms with Gasteiger partial charge in [0.1, 0.15) is 35.7 Å². The van der Waals surface area contributed by atoms with Crippen molar-refractivity contribution in [1.82, 2.24) is 15.0 Å². The number of halogens is 1. The highest BCUT2D eigenvalue weighted by atomic mass is 19.1. The first-order valence-corrected chi connectivity index (χ1v) is 11.9. The second-order valence-electron chi connectivity index (χ2n) is 8.84. The fraction of sp³-hybridized carbons (Fsp3) is 0.385. The minimum Gasteiger partial charge on any atom is -0.491 e. The van der Waals surface area contributed by atoms with Gasteiger partial charge in [-0.2, -0.15) is 0 Å². The second kappa shape index (κ2) is 9.95. The van der Waals surface area contributed by atoms with Gasteiger partial charge in [-0.3, -0.25) is 9.78 Å². The van der Waals surface area contributed by atoms with E-state index >= 15 is 0 Å². The molecule has 1 aliphatic heterocycles. The van der Waals surface area contributed by atoms with E-state index in [1.165, 1.54) is 12.1 Å². The molecule has 0 spiro atoms. The number of ether oxygens (including phenoxy) is 1. The Hall–Kier alpha value is -3.59. The molecule has 2 aromatic heterocycles. The zero-order valence-electron chi connectivity index (χ0n) is 19.7. The molecule has 1 N–H and O–H groups in total. The number of hydrogen-bond acceptors (Lipinski definition) is 7. The number of anilines is 2. The van der Waals surface area contributed by atoms with Gasteiger partial charge in [0.15, 0.2) is 5.82 Å². The highest BCUT2D eigenvalue weighted by Crippen LogP contribution is 2.34. The van der Waals surface area contributed by atoms with E-state index in [1.54, 1.807) is 35.4 Å². The third kappa shape index (κ3) is 4.68. The van der Waals surface area contributed by atoms with Crippen LogP contribution in [0.15, 0.2) is 42.6 Å². The summed E-state index contributed by atoms with van der Waals surface area (Å²) in [7, 11) is 1.90. The number of benzene rings is 1. The maximum atomic E-state index is 13.8. The number of piperidine rings is 1. The fourth-order valence-electron chi connectivity index (χ4n) is 4.87. The molecule has 9 heteroatoms. The predicted octanol–water partition coefficient (Wildman–Crippen LogP) is 3.17. The van der Waals surface area contributed by atoms with Crippen LogP contribution in [-0.4, -0.2) is 58.8 Å². The summed E-state index contributed by atoms with van der Waals surface area (Å²) in [5, 5.41) is 9.05. The molecular formula is C26H28FN5O3. The first-order chi connectivity index (χ1) is 17.0. The Kier molecular flexibility index (Phi) is 6.59. The molecule has 0 bridgehead atoms. The third-order valence-corrected chi connectivity index (χ3v) is 6.56. The van der Waals surface area contributed by atoms with Crippen LogP contribution in [0.1, 0.15) is 30.5 Å². The quantitative estimate of drug-likeness (QED) is 0.559. The van der Waals surface area contributed by atoms with Crippen LogP contribution in [0.5, 0.6) is 5.75 Å². The summed E-state index contributed by atoms with van der Waals surface area (Å²) in [4.78, 5) is 31.2. The van der Waals surface area contributed by atoms with Crippen LogP contribution in [-0.2, 0) is 17.6 Å². The lowest BCUT2D eigenvalue weighted by atomic mass is 10.0. The van der Waals surface area contributed by atoms with E-state index in [9.17, 15) is 9.18 Å². The number of carbonyl (C=O) groups excluding carboxylic acids is 1. The highest BCUT2D eigenvalue weighted by Gasteiger charge is 2.35. The molecule has 0 radical (unpaired) electrons. The topological polar surface area (TPSA) is 91.7 Å². The van der Waals surface area contributed by atoms with Crippen molar-refractivity contribution >= 4 is 17.4 Å². The number of aromatic nitrogens is 3. The molecule has 1 saturated heterocycles. The van der Waals surface area contributed by atoms with Gasteiger partial charge in [-0.05, 0) is 56.4 Å². The highest BCUT2D eigenvalue weighted by molar-refractivity contribution is 5.99. The standard InChI is InChI=1S/C26H28FN5O3/c1-31(23-9-4-12-32(26(23)34)18-6-2-5-17(27)15-18)25-20-7-3-8-21(20)29-24(30-25)22-16-19(10-11-28-22)35-14-13-33/h2,5-6,10-11,15-16,23,33H,3-4,7-9,12-14H2,1H3/t23-/m1/s1. The molecule has 35 heavy (non-hydrogen) atoms. The van der Waals surface area contributed by atoms with Crippen LogP contribution >= 0.6 is 0 Å². The number of pyridine rings is 1. The van der Waals surface area contributed by atoms with Gasteiger partial charge in [0.05, 0.1) is 6.61 Å². The maximum Gasteiger partial charge on any atom is 0.249 e. The molecule has 182 valence electrons. The van der Waals surface area contributed by atoms with Crippen molar-refractivity contribution in [2.24, 2.45) is 0 Å². The summed E-state index contributed by atoms with van der Waals surface area (Å²) >= 11 is 0. The van der Waals surface area contributed by atoms with E-state index in [0.717, 1.165) is 42.8 Å². The molecule has 1 atom stereocenters. The molecule has 1 aromatic carbocycles. The average molecular weight is 478 g/mol. The lowest BCUT2D eigenvalue weighted by Crippen LogP contribution is -2.52. The Labute approximate surface area is 203 Å². The number of amides is 1. The van der Waals surface area contributed by atoms with E-state index in [1.807, 2.05) is 11.9 Å². The summed E-state index contributed by atoms with van der Waals surface area (Å²) in [6.45, 7) is 0.669. The SMILES string of the molecule is CN(c1nc(-c2cc(OCCO)ccn2)nc2c1CCC2)[C@@H]1CCCN(c2cccc(F)c2)C1=O. The normalized spacial score (nSPS) is 17.4. The largest absolute Gasteiger partial charge is 0.491 e. The van der Waals surface area contributed by atoms with Crippen LogP contribution in [0, 0.1) is 5.82 Å². The van der Waals surface area contributed by atoms with Crippen molar-refractivity contribution in [3.05, 3.63) is 59.7 Å². The monoisotopic (exact) mass is 477 g/mol. The molecule has 8 nitrogen and oxygen atoms in total. The molecule has 3 aromatic rings. The molecule has 1 aliphatic carbocycles. The van der Waals surface area contributed by atoms with Crippen molar-refractivity contribution in [2.75, 3.05) is 36.6 Å². The zero-order valence-corrected chi connectivity index (χ0v) is 19.7. The Morgan fingerprint density at radius 3 is 2.91 bits per heavy atom. The number of fused-ring (bicyclic) bond motifs is 1. The Morgan fingerprint density at radius 1 is 1.20 bits per heavy atom. The fourth-order valence-corrected chi connectivity index (χ4v) is 4.87. The number of likely N-dealkylation sites (N-methyl/N-ethyl adjacent to an activating group) is 1. The van der Waals surface area contributed by atoms with E-state index in [-0.39, 0.29) is 24.9 Å². The maximum absolute atomic E-state index is 13.8. The summed E-state index contributed by atoms with van der Waals surface area (Å²) in [6, 6.07) is 9.24. The lowest BCUT2D eigenvalue weighted by Gasteiger charge is -2.38. The number of nitrogens with zero attached hydrogens (tertiary/aromatic N) is 5. The summed E-state index contributed by atoms with van der Waals surface area (Å²) in [5.74, 6) is 1.38. The van der Waals surface area contributed by atoms with Gasteiger partial charge in [0.2, 0.25) is 5.91 Å². The third-order valence-electron chi connectivity index (χ3n) is 6.56. The van der Waals surface area contributed by atoms with Gasteiger partial charge in [-0.1, -0.05) is 6.07 Å². The lowest BCUT2D eigenvalue weighted by molar-refractivity contribution is -0.120. The van der Waals surface area contributed by atoms with Gasteiger partial charge < -0.3 is 19.6 Å². The minimum absolute atomic E-state index is 0.0613. The predicted molar refractivity (Wildman–Crippen MR) is 130 cm³/mol. The smallest absolute Gasteiger partial charge is 0.249 e. The van der Waals surface area contributed by atoms with Crippen LogP contribution in [0.25, 0.3) is 11.5 Å². The zero-order chi connectivity index (χ0) is 24.4. The van der Waals surface area contributed by atoms with Crippen LogP contribution in [0.2, 0.25) is 0 Å². The molecule has 0 unspecified atom stereocenters. The van der Waals surface area contributed by atoms with Crippen molar-refractivity contribution in [3.63, 3.8) is 0 Å². The molecule has 1 amide bonds. The molecule has 5 rings (SSSR count). The first-order valence-electron chi connectivity index (χ1n) is 11.9. The molecule has 0 saturated carbocycles. The number of rotatable bonds is 7. The molecule has 2 aliphatic rings. The van der Waals surface area contributed by atoms with Crippen LogP contribution in [0.3, 0.4) is 0 Å². The van der Waals surface area contributed by atoms with E-state index in [4.69, 9.17) is 19.8 Å². The van der Waals surface area contributed by atoms with Gasteiger partial charge in [-0.25, -0.2) is 14.4 Å². The van der Waals surface area contributed by atoms with E-state index < -0.39 is 6.04 Å². The van der Waals surface area contributed by atoms with Gasteiger partial charge in [0, 0.05) is 42.8 Å². The van der Waals surface area contributed by atoms with Crippen LogP contribution < -0.4 is 14.5 Å². The number of aryl methyl sites for hydroxylation is 1. The van der Waals surface area contributed by atoms with Gasteiger partial charge >= 0.3 is 0 Å². The molecule has 1 fully saturated rings. The van der Waals surface area contributed by atoms with Gasteiger partial charge in [-0.15, -0.1) is 0 Å². The van der Waals surface area contributed by atoms with Gasteiger partial charge in [0.25, 0.3) is 0 Å².